The molecule has 1 atom stereocenters. The van der Waals surface area contributed by atoms with Gasteiger partial charge in [-0.25, -0.2) is 9.19 Å². The Hall–Kier alpha value is -2.61. The molecule has 0 spiro atoms. The van der Waals surface area contributed by atoms with Crippen LogP contribution in [0.5, 0.6) is 0 Å². The first kappa shape index (κ1) is 16.3. The molecule has 8 heteroatoms. The molecule has 24 heavy (non-hydrogen) atoms. The molecule has 3 aromatic heterocycles. The Labute approximate surface area is 139 Å². The highest BCUT2D eigenvalue weighted by molar-refractivity contribution is 7.93. The Bertz CT molecular complexity index is 1060. The zero-order valence-corrected chi connectivity index (χ0v) is 14.7. The monoisotopic (exact) mass is 343 g/mol. The Kier molecular flexibility index (Phi) is 3.92. The molecule has 0 aliphatic heterocycles. The summed E-state index contributed by atoms with van der Waals surface area (Å²) >= 11 is 0. The molecule has 0 bridgehead atoms. The van der Waals surface area contributed by atoms with E-state index in [0.717, 1.165) is 0 Å². The number of aromatic nitrogens is 4. The van der Waals surface area contributed by atoms with Gasteiger partial charge in [-0.15, -0.1) is 0 Å². The average Bonchev–Trinajstić information content (AvgIpc) is 2.81. The highest BCUT2D eigenvalue weighted by Crippen LogP contribution is 2.23. The minimum atomic E-state index is -2.86. The van der Waals surface area contributed by atoms with Crippen molar-refractivity contribution in [3.63, 3.8) is 0 Å². The maximum atomic E-state index is 12.8. The van der Waals surface area contributed by atoms with E-state index in [2.05, 4.69) is 19.4 Å². The first-order valence-corrected chi connectivity index (χ1v) is 9.19. The molecule has 3 rings (SSSR count). The molecule has 124 valence electrons. The van der Waals surface area contributed by atoms with Crippen LogP contribution in [0, 0.1) is 13.8 Å². The Morgan fingerprint density at radius 2 is 1.92 bits per heavy atom. The van der Waals surface area contributed by atoms with E-state index in [1.807, 2.05) is 6.92 Å². The van der Waals surface area contributed by atoms with Gasteiger partial charge in [0.1, 0.15) is 0 Å². The zero-order valence-electron chi connectivity index (χ0n) is 13.8. The van der Waals surface area contributed by atoms with Crippen LogP contribution in [0.25, 0.3) is 11.0 Å². The fourth-order valence-electron chi connectivity index (χ4n) is 2.59. The molecule has 0 saturated heterocycles. The summed E-state index contributed by atoms with van der Waals surface area (Å²) in [4.78, 5) is 21.5. The number of amides is 1. The molecule has 0 fully saturated rings. The van der Waals surface area contributed by atoms with Crippen molar-refractivity contribution in [2.75, 3.05) is 6.26 Å². The number of carbonyl (C=O) groups excluding carboxylic acids is 1. The molecular weight excluding hydrogens is 326 g/mol. The predicted octanol–water partition coefficient (Wildman–Crippen LogP) is 2.28. The summed E-state index contributed by atoms with van der Waals surface area (Å²) in [5.74, 6) is -0.536. The standard InChI is InChI=1S/C16H17N5O2S/c1-10-9-13(14-11(2)19-21(3)15(14)18-10)16(22)20-24(4,23)12-5-7-17-8-6-12/h5-9H,1-4H3. The molecule has 0 aromatic carbocycles. The number of pyridine rings is 2. The number of fused-ring (bicyclic) bond motifs is 1. The Morgan fingerprint density at radius 3 is 2.58 bits per heavy atom. The third-order valence-corrected chi connectivity index (χ3v) is 5.33. The Balaban J connectivity index is 2.20. The summed E-state index contributed by atoms with van der Waals surface area (Å²) in [6, 6.07) is 4.86. The number of rotatable bonds is 2. The second-order valence-electron chi connectivity index (χ2n) is 5.60. The van der Waals surface area contributed by atoms with E-state index < -0.39 is 15.6 Å². The van der Waals surface area contributed by atoms with Crippen molar-refractivity contribution in [1.82, 2.24) is 19.7 Å². The molecule has 0 aliphatic rings. The van der Waals surface area contributed by atoms with Crippen LogP contribution < -0.4 is 0 Å². The fourth-order valence-corrected chi connectivity index (χ4v) is 3.74. The minimum Gasteiger partial charge on any atom is -0.266 e. The minimum absolute atomic E-state index is 0.367. The van der Waals surface area contributed by atoms with Gasteiger partial charge in [0.2, 0.25) is 0 Å². The van der Waals surface area contributed by atoms with Gasteiger partial charge in [0.15, 0.2) is 5.65 Å². The molecule has 0 radical (unpaired) electrons. The van der Waals surface area contributed by atoms with Crippen molar-refractivity contribution in [2.24, 2.45) is 11.4 Å². The third-order valence-electron chi connectivity index (χ3n) is 3.67. The first-order chi connectivity index (χ1) is 11.3. The third kappa shape index (κ3) is 2.80. The van der Waals surface area contributed by atoms with Gasteiger partial charge in [-0.05, 0) is 32.0 Å². The summed E-state index contributed by atoms with van der Waals surface area (Å²) in [5, 5.41) is 4.95. The highest BCUT2D eigenvalue weighted by Gasteiger charge is 2.19. The van der Waals surface area contributed by atoms with Gasteiger partial charge >= 0.3 is 0 Å². The van der Waals surface area contributed by atoms with Crippen LogP contribution in [0.2, 0.25) is 0 Å². The zero-order chi connectivity index (χ0) is 17.5. The van der Waals surface area contributed by atoms with Gasteiger partial charge in [-0.3, -0.25) is 14.5 Å². The molecule has 0 aliphatic carbocycles. The number of nitrogens with zero attached hydrogens (tertiary/aromatic N) is 5. The second-order valence-corrected chi connectivity index (χ2v) is 7.86. The first-order valence-electron chi connectivity index (χ1n) is 7.27. The molecule has 3 aromatic rings. The van der Waals surface area contributed by atoms with Crippen LogP contribution in [0.3, 0.4) is 0 Å². The van der Waals surface area contributed by atoms with E-state index in [9.17, 15) is 9.00 Å². The van der Waals surface area contributed by atoms with E-state index in [0.29, 0.717) is 32.9 Å². The van der Waals surface area contributed by atoms with Crippen LogP contribution in [0.15, 0.2) is 39.9 Å². The summed E-state index contributed by atoms with van der Waals surface area (Å²) in [6.07, 6.45) is 4.50. The summed E-state index contributed by atoms with van der Waals surface area (Å²) in [6.45, 7) is 3.60. The maximum absolute atomic E-state index is 12.8. The molecule has 7 nitrogen and oxygen atoms in total. The van der Waals surface area contributed by atoms with E-state index in [4.69, 9.17) is 0 Å². The van der Waals surface area contributed by atoms with Crippen molar-refractivity contribution in [3.8, 4) is 0 Å². The molecule has 0 N–H and O–H groups in total. The van der Waals surface area contributed by atoms with Gasteiger partial charge in [0.05, 0.1) is 31.3 Å². The maximum Gasteiger partial charge on any atom is 0.286 e. The van der Waals surface area contributed by atoms with Crippen molar-refractivity contribution in [2.45, 2.75) is 18.7 Å². The smallest absolute Gasteiger partial charge is 0.266 e. The van der Waals surface area contributed by atoms with Gasteiger partial charge in [-0.1, -0.05) is 0 Å². The van der Waals surface area contributed by atoms with Crippen LogP contribution >= 0.6 is 0 Å². The second kappa shape index (κ2) is 5.79. The van der Waals surface area contributed by atoms with Crippen molar-refractivity contribution >= 4 is 26.7 Å². The van der Waals surface area contributed by atoms with Gasteiger partial charge in [-0.2, -0.15) is 9.46 Å². The normalized spacial score (nSPS) is 13.7. The average molecular weight is 343 g/mol. The van der Waals surface area contributed by atoms with Gasteiger partial charge < -0.3 is 0 Å². The number of hydrogen-bond donors (Lipinski definition) is 0. The van der Waals surface area contributed by atoms with Crippen LogP contribution in [-0.2, 0) is 16.8 Å². The highest BCUT2D eigenvalue weighted by atomic mass is 32.2. The molecule has 3 heterocycles. The van der Waals surface area contributed by atoms with Crippen LogP contribution in [0.4, 0.5) is 0 Å². The summed E-state index contributed by atoms with van der Waals surface area (Å²) < 4.78 is 18.4. The van der Waals surface area contributed by atoms with Crippen LogP contribution in [-0.4, -0.2) is 36.1 Å². The van der Waals surface area contributed by atoms with Gasteiger partial charge in [0, 0.05) is 31.4 Å². The lowest BCUT2D eigenvalue weighted by atomic mass is 10.1. The van der Waals surface area contributed by atoms with E-state index >= 15 is 0 Å². The lowest BCUT2D eigenvalue weighted by molar-refractivity contribution is 0.101. The van der Waals surface area contributed by atoms with E-state index in [1.165, 1.54) is 18.6 Å². The fraction of sp³-hybridized carbons (Fsp3) is 0.250. The molecule has 1 amide bonds. The molecular formula is C16H17N5O2S. The molecule has 0 saturated carbocycles. The van der Waals surface area contributed by atoms with Crippen LogP contribution in [0.1, 0.15) is 21.7 Å². The quantitative estimate of drug-likeness (QED) is 0.712. The largest absolute Gasteiger partial charge is 0.286 e. The van der Waals surface area contributed by atoms with Crippen molar-refractivity contribution < 1.29 is 9.00 Å². The number of carbonyl (C=O) groups is 1. The summed E-state index contributed by atoms with van der Waals surface area (Å²) in [7, 11) is -1.09. The van der Waals surface area contributed by atoms with Gasteiger partial charge in [0.25, 0.3) is 5.91 Å². The topological polar surface area (TPSA) is 90.1 Å². The summed E-state index contributed by atoms with van der Waals surface area (Å²) in [5.41, 5.74) is 2.34. The Morgan fingerprint density at radius 1 is 1.25 bits per heavy atom. The lowest BCUT2D eigenvalue weighted by Crippen LogP contribution is -2.06. The molecule has 1 unspecified atom stereocenters. The number of aryl methyl sites for hydroxylation is 3. The predicted molar refractivity (Wildman–Crippen MR) is 91.3 cm³/mol. The van der Waals surface area contributed by atoms with Crippen molar-refractivity contribution in [3.05, 3.63) is 47.5 Å². The lowest BCUT2D eigenvalue weighted by Gasteiger charge is -2.05. The SMILES string of the molecule is Cc1cc(C(=O)N=S(C)(=O)c2ccncc2)c2c(C)nn(C)c2n1. The van der Waals surface area contributed by atoms with E-state index in [1.54, 1.807) is 36.9 Å². The van der Waals surface area contributed by atoms with Crippen molar-refractivity contribution in [1.29, 1.82) is 0 Å². The van der Waals surface area contributed by atoms with E-state index in [-0.39, 0.29) is 0 Å². The number of hydrogen-bond acceptors (Lipinski definition) is 5.